The Hall–Kier alpha value is -3.60. The van der Waals surface area contributed by atoms with E-state index in [0.717, 1.165) is 16.7 Å². The molecule has 5 nitrogen and oxygen atoms in total. The number of carbonyl (C=O) groups is 2. The lowest BCUT2D eigenvalue weighted by molar-refractivity contribution is -0.136. The molecule has 1 amide bonds. The first-order valence-corrected chi connectivity index (χ1v) is 9.55. The number of nitrogens with one attached hydrogen (secondary N) is 1. The number of aryl methyl sites for hydroxylation is 1. The van der Waals surface area contributed by atoms with Crippen molar-refractivity contribution in [1.29, 1.82) is 0 Å². The average Bonchev–Trinajstić information content (AvgIpc) is 3.05. The average molecular weight is 387 g/mol. The molecule has 0 spiro atoms. The molecule has 0 saturated carbocycles. The minimum atomic E-state index is -0.874. The first-order valence-electron chi connectivity index (χ1n) is 9.55. The second kappa shape index (κ2) is 8.19. The van der Waals surface area contributed by atoms with Crippen LogP contribution in [0.3, 0.4) is 0 Å². The lowest BCUT2D eigenvalue weighted by atomic mass is 9.98. The first kappa shape index (κ1) is 18.7. The summed E-state index contributed by atoms with van der Waals surface area (Å²) in [6.45, 7) is 0.233. The maximum atomic E-state index is 12.4. The van der Waals surface area contributed by atoms with E-state index in [1.807, 2.05) is 36.4 Å². The number of aliphatic carboxylic acids is 1. The van der Waals surface area contributed by atoms with Crippen molar-refractivity contribution in [3.8, 4) is 11.1 Å². The summed E-state index contributed by atoms with van der Waals surface area (Å²) in [6, 6.07) is 23.5. The molecule has 0 bridgehead atoms. The first-order chi connectivity index (χ1) is 14.1. The zero-order valence-corrected chi connectivity index (χ0v) is 15.8. The van der Waals surface area contributed by atoms with Crippen LogP contribution in [0.5, 0.6) is 0 Å². The third kappa shape index (κ3) is 3.99. The number of carboxylic acid groups (broad SMARTS) is 1. The van der Waals surface area contributed by atoms with Crippen molar-refractivity contribution in [2.24, 2.45) is 0 Å². The van der Waals surface area contributed by atoms with Gasteiger partial charge in [0.15, 0.2) is 0 Å². The van der Waals surface area contributed by atoms with Gasteiger partial charge in [0.1, 0.15) is 6.61 Å². The highest BCUT2D eigenvalue weighted by Crippen LogP contribution is 2.44. The van der Waals surface area contributed by atoms with Crippen molar-refractivity contribution in [2.45, 2.75) is 18.8 Å². The Balaban J connectivity index is 1.45. The van der Waals surface area contributed by atoms with Crippen LogP contribution in [-0.2, 0) is 16.0 Å². The zero-order chi connectivity index (χ0) is 20.2. The summed E-state index contributed by atoms with van der Waals surface area (Å²) in [5.74, 6) is -0.878. The molecule has 146 valence electrons. The molecule has 1 aliphatic rings. The van der Waals surface area contributed by atoms with Crippen LogP contribution < -0.4 is 5.32 Å². The number of benzene rings is 3. The summed E-state index contributed by atoms with van der Waals surface area (Å²) >= 11 is 0. The predicted octanol–water partition coefficient (Wildman–Crippen LogP) is 5.06. The van der Waals surface area contributed by atoms with E-state index in [1.54, 1.807) is 12.1 Å². The molecule has 1 aliphatic carbocycles. The van der Waals surface area contributed by atoms with Gasteiger partial charge in [0.25, 0.3) is 0 Å². The highest BCUT2D eigenvalue weighted by molar-refractivity contribution is 5.86. The van der Waals surface area contributed by atoms with Gasteiger partial charge >= 0.3 is 12.1 Å². The Morgan fingerprint density at radius 2 is 1.45 bits per heavy atom. The molecule has 0 aliphatic heterocycles. The van der Waals surface area contributed by atoms with Gasteiger partial charge in [-0.05, 0) is 40.3 Å². The van der Waals surface area contributed by atoms with E-state index < -0.39 is 12.1 Å². The number of carbonyl (C=O) groups excluding carboxylic acids is 1. The van der Waals surface area contributed by atoms with Crippen molar-refractivity contribution in [3.05, 3.63) is 89.5 Å². The molecule has 3 aromatic rings. The van der Waals surface area contributed by atoms with E-state index in [0.29, 0.717) is 12.1 Å². The molecule has 3 aromatic carbocycles. The zero-order valence-electron chi connectivity index (χ0n) is 15.8. The third-order valence-corrected chi connectivity index (χ3v) is 5.21. The number of rotatable bonds is 6. The van der Waals surface area contributed by atoms with Gasteiger partial charge in [-0.2, -0.15) is 0 Å². The second-order valence-electron chi connectivity index (χ2n) is 7.00. The normalized spacial score (nSPS) is 12.1. The quantitative estimate of drug-likeness (QED) is 0.619. The number of anilines is 1. The number of fused-ring (bicyclic) bond motifs is 3. The fraction of sp³-hybridized carbons (Fsp3) is 0.167. The second-order valence-corrected chi connectivity index (χ2v) is 7.00. The Morgan fingerprint density at radius 1 is 0.862 bits per heavy atom. The van der Waals surface area contributed by atoms with Crippen LogP contribution >= 0.6 is 0 Å². The van der Waals surface area contributed by atoms with Gasteiger partial charge in [-0.3, -0.25) is 10.1 Å². The van der Waals surface area contributed by atoms with Gasteiger partial charge < -0.3 is 9.84 Å². The van der Waals surface area contributed by atoms with Gasteiger partial charge in [-0.15, -0.1) is 0 Å². The minimum absolute atomic E-state index is 0.00336. The topological polar surface area (TPSA) is 75.6 Å². The largest absolute Gasteiger partial charge is 0.481 e. The van der Waals surface area contributed by atoms with Crippen molar-refractivity contribution < 1.29 is 19.4 Å². The third-order valence-electron chi connectivity index (χ3n) is 5.21. The van der Waals surface area contributed by atoms with Crippen LogP contribution in [0.1, 0.15) is 29.0 Å². The Bertz CT molecular complexity index is 1010. The Labute approximate surface area is 169 Å². The number of para-hydroxylation sites is 1. The van der Waals surface area contributed by atoms with Crippen LogP contribution in [0.25, 0.3) is 11.1 Å². The van der Waals surface area contributed by atoms with E-state index in [4.69, 9.17) is 9.84 Å². The summed E-state index contributed by atoms with van der Waals surface area (Å²) in [6.07, 6.45) is -0.201. The fourth-order valence-corrected chi connectivity index (χ4v) is 3.85. The van der Waals surface area contributed by atoms with E-state index in [2.05, 4.69) is 29.6 Å². The number of hydrogen-bond donors (Lipinski definition) is 2. The molecule has 0 atom stereocenters. The molecule has 0 radical (unpaired) electrons. The van der Waals surface area contributed by atoms with Gasteiger partial charge in [-0.1, -0.05) is 66.7 Å². The molecule has 5 heteroatoms. The minimum Gasteiger partial charge on any atom is -0.481 e. The summed E-state index contributed by atoms with van der Waals surface area (Å²) in [4.78, 5) is 23.3. The highest BCUT2D eigenvalue weighted by Gasteiger charge is 2.29. The summed E-state index contributed by atoms with van der Waals surface area (Å²) in [5.41, 5.74) is 6.01. The standard InChI is InChI=1S/C24H21NO4/c26-23(27)14-13-16-7-1-6-12-22(16)25-24(28)29-15-21-19-10-4-2-8-17(19)18-9-3-5-11-20(18)21/h1-12,21H,13-15H2,(H,25,28)(H,26,27). The van der Waals surface area contributed by atoms with E-state index in [9.17, 15) is 9.59 Å². The maximum Gasteiger partial charge on any atom is 0.411 e. The molecule has 0 unspecified atom stereocenters. The summed E-state index contributed by atoms with van der Waals surface area (Å²) in [7, 11) is 0. The van der Waals surface area contributed by atoms with Crippen LogP contribution in [0, 0.1) is 0 Å². The molecular weight excluding hydrogens is 366 g/mol. The van der Waals surface area contributed by atoms with Crippen molar-refractivity contribution in [1.82, 2.24) is 0 Å². The van der Waals surface area contributed by atoms with Crippen LogP contribution in [0.2, 0.25) is 0 Å². The molecule has 2 N–H and O–H groups in total. The lowest BCUT2D eigenvalue weighted by Gasteiger charge is -2.15. The number of ether oxygens (including phenoxy) is 1. The number of carboxylic acids is 1. The SMILES string of the molecule is O=C(O)CCc1ccccc1NC(=O)OCC1c2ccccc2-c2ccccc21. The monoisotopic (exact) mass is 387 g/mol. The van der Waals surface area contributed by atoms with Gasteiger partial charge in [0, 0.05) is 18.0 Å². The molecule has 0 heterocycles. The molecule has 4 rings (SSSR count). The van der Waals surface area contributed by atoms with Gasteiger partial charge in [0.05, 0.1) is 0 Å². The number of hydrogen-bond acceptors (Lipinski definition) is 3. The van der Waals surface area contributed by atoms with E-state index in [1.165, 1.54) is 11.1 Å². The molecule has 0 saturated heterocycles. The fourth-order valence-electron chi connectivity index (χ4n) is 3.85. The summed E-state index contributed by atoms with van der Waals surface area (Å²) in [5, 5.41) is 11.7. The highest BCUT2D eigenvalue weighted by atomic mass is 16.5. The number of amides is 1. The Kier molecular flexibility index (Phi) is 5.29. The Morgan fingerprint density at radius 3 is 2.10 bits per heavy atom. The molecular formula is C24H21NO4. The van der Waals surface area contributed by atoms with Gasteiger partial charge in [0.2, 0.25) is 0 Å². The van der Waals surface area contributed by atoms with E-state index in [-0.39, 0.29) is 18.9 Å². The van der Waals surface area contributed by atoms with E-state index >= 15 is 0 Å². The van der Waals surface area contributed by atoms with Crippen molar-refractivity contribution in [2.75, 3.05) is 11.9 Å². The predicted molar refractivity (Wildman–Crippen MR) is 111 cm³/mol. The lowest BCUT2D eigenvalue weighted by Crippen LogP contribution is -2.18. The molecule has 0 aromatic heterocycles. The van der Waals surface area contributed by atoms with Crippen LogP contribution in [0.4, 0.5) is 10.5 Å². The molecule has 0 fully saturated rings. The maximum absolute atomic E-state index is 12.4. The van der Waals surface area contributed by atoms with Crippen LogP contribution in [0.15, 0.2) is 72.8 Å². The van der Waals surface area contributed by atoms with Gasteiger partial charge in [-0.25, -0.2) is 4.79 Å². The van der Waals surface area contributed by atoms with Crippen LogP contribution in [-0.4, -0.2) is 23.8 Å². The molecule has 29 heavy (non-hydrogen) atoms. The van der Waals surface area contributed by atoms with Crippen molar-refractivity contribution in [3.63, 3.8) is 0 Å². The van der Waals surface area contributed by atoms with Crippen molar-refractivity contribution >= 4 is 17.7 Å². The smallest absolute Gasteiger partial charge is 0.411 e. The summed E-state index contributed by atoms with van der Waals surface area (Å²) < 4.78 is 5.56.